The predicted octanol–water partition coefficient (Wildman–Crippen LogP) is 4.69. The number of hydrogen-bond acceptors (Lipinski definition) is 2. The summed E-state index contributed by atoms with van der Waals surface area (Å²) in [5.74, 6) is -0.606. The molecule has 1 unspecified atom stereocenters. The van der Waals surface area contributed by atoms with Crippen molar-refractivity contribution in [3.8, 4) is 0 Å². The summed E-state index contributed by atoms with van der Waals surface area (Å²) in [6.45, 7) is 3.35. The molecule has 154 valence electrons. The van der Waals surface area contributed by atoms with Crippen molar-refractivity contribution in [1.82, 2.24) is 4.90 Å². The highest BCUT2D eigenvalue weighted by Gasteiger charge is 2.38. The van der Waals surface area contributed by atoms with E-state index >= 15 is 0 Å². The molecule has 1 saturated carbocycles. The van der Waals surface area contributed by atoms with Gasteiger partial charge in [0.2, 0.25) is 5.91 Å². The molecule has 2 amide bonds. The molecule has 28 heavy (non-hydrogen) atoms. The number of carbonyl (C=O) groups is 2. The number of nitrogens with zero attached hydrogens (tertiary/aromatic N) is 1. The number of amides is 2. The molecule has 1 fully saturated rings. The van der Waals surface area contributed by atoms with Crippen molar-refractivity contribution in [3.63, 3.8) is 0 Å². The molecule has 1 aromatic rings. The lowest BCUT2D eigenvalue weighted by Gasteiger charge is -2.32. The molecule has 0 aliphatic heterocycles. The second-order valence-corrected chi connectivity index (χ2v) is 7.17. The third kappa shape index (κ3) is 5.59. The van der Waals surface area contributed by atoms with Gasteiger partial charge in [-0.1, -0.05) is 31.6 Å². The minimum atomic E-state index is -4.44. The minimum Gasteiger partial charge on any atom is -0.370 e. The van der Waals surface area contributed by atoms with Gasteiger partial charge in [-0.15, -0.1) is 0 Å². The van der Waals surface area contributed by atoms with E-state index in [9.17, 15) is 22.8 Å². The van der Waals surface area contributed by atoms with Crippen molar-refractivity contribution in [3.05, 3.63) is 41.5 Å². The van der Waals surface area contributed by atoms with Gasteiger partial charge < -0.3 is 10.6 Å². The summed E-state index contributed by atoms with van der Waals surface area (Å²) in [4.78, 5) is 26.1. The first-order chi connectivity index (χ1) is 13.2. The second kappa shape index (κ2) is 9.26. The first-order valence-electron chi connectivity index (χ1n) is 9.63. The lowest BCUT2D eigenvalue weighted by atomic mass is 10.0. The van der Waals surface area contributed by atoms with Gasteiger partial charge in [0.1, 0.15) is 0 Å². The molecule has 1 atom stereocenters. The van der Waals surface area contributed by atoms with Crippen LogP contribution >= 0.6 is 0 Å². The van der Waals surface area contributed by atoms with Crippen LogP contribution in [0.5, 0.6) is 0 Å². The number of alkyl halides is 3. The van der Waals surface area contributed by atoms with E-state index in [-0.39, 0.29) is 30.0 Å². The molecular formula is C21H27F3N2O2. The summed E-state index contributed by atoms with van der Waals surface area (Å²) in [7, 11) is 0. The summed E-state index contributed by atoms with van der Waals surface area (Å²) in [5.41, 5.74) is 4.93. The number of primary amides is 1. The highest BCUT2D eigenvalue weighted by atomic mass is 19.4. The maximum absolute atomic E-state index is 13.1. The molecule has 0 saturated heterocycles. The molecule has 1 aliphatic rings. The van der Waals surface area contributed by atoms with Crippen molar-refractivity contribution >= 4 is 17.4 Å². The van der Waals surface area contributed by atoms with E-state index in [2.05, 4.69) is 0 Å². The molecule has 0 aromatic heterocycles. The smallest absolute Gasteiger partial charge is 0.370 e. The molecule has 7 heteroatoms. The Morgan fingerprint density at radius 3 is 2.18 bits per heavy atom. The van der Waals surface area contributed by atoms with Crippen LogP contribution < -0.4 is 5.73 Å². The average Bonchev–Trinajstić information content (AvgIpc) is 3.44. The van der Waals surface area contributed by atoms with Gasteiger partial charge in [-0.3, -0.25) is 9.59 Å². The minimum absolute atomic E-state index is 0.0309. The Labute approximate surface area is 163 Å². The van der Waals surface area contributed by atoms with Crippen molar-refractivity contribution < 1.29 is 22.8 Å². The lowest BCUT2D eigenvalue weighted by molar-refractivity contribution is -0.118. The molecule has 0 bridgehead atoms. The number of carbonyl (C=O) groups excluding carboxylic acids is 2. The van der Waals surface area contributed by atoms with Gasteiger partial charge in [-0.05, 0) is 50.3 Å². The number of rotatable bonds is 9. The Kier molecular flexibility index (Phi) is 7.27. The molecular weight excluding hydrogens is 369 g/mol. The van der Waals surface area contributed by atoms with Gasteiger partial charge in [-0.2, -0.15) is 13.2 Å². The summed E-state index contributed by atoms with van der Waals surface area (Å²) < 4.78 is 39.2. The highest BCUT2D eigenvalue weighted by Crippen LogP contribution is 2.35. The van der Waals surface area contributed by atoms with E-state index in [1.807, 2.05) is 11.8 Å². The Morgan fingerprint density at radius 2 is 1.75 bits per heavy atom. The van der Waals surface area contributed by atoms with Crippen LogP contribution in [0.4, 0.5) is 13.2 Å². The van der Waals surface area contributed by atoms with Crippen LogP contribution in [0.2, 0.25) is 0 Å². The quantitative estimate of drug-likeness (QED) is 0.658. The van der Waals surface area contributed by atoms with E-state index in [1.165, 1.54) is 31.2 Å². The summed E-state index contributed by atoms with van der Waals surface area (Å²) in [5, 5.41) is 0. The van der Waals surface area contributed by atoms with Crippen LogP contribution in [0.25, 0.3) is 5.57 Å². The Morgan fingerprint density at radius 1 is 1.18 bits per heavy atom. The van der Waals surface area contributed by atoms with Crippen molar-refractivity contribution in [2.75, 3.05) is 0 Å². The lowest BCUT2D eigenvalue weighted by Crippen LogP contribution is -2.42. The second-order valence-electron chi connectivity index (χ2n) is 7.17. The molecule has 0 spiro atoms. The molecule has 2 rings (SSSR count). The fourth-order valence-corrected chi connectivity index (χ4v) is 3.48. The van der Waals surface area contributed by atoms with Crippen molar-refractivity contribution in [2.45, 2.75) is 70.6 Å². The monoisotopic (exact) mass is 396 g/mol. The van der Waals surface area contributed by atoms with Crippen molar-refractivity contribution in [2.24, 2.45) is 5.73 Å². The van der Waals surface area contributed by atoms with Crippen LogP contribution in [0.3, 0.4) is 0 Å². The maximum Gasteiger partial charge on any atom is 0.416 e. The maximum atomic E-state index is 13.1. The van der Waals surface area contributed by atoms with E-state index in [4.69, 9.17) is 5.73 Å². The van der Waals surface area contributed by atoms with Crippen molar-refractivity contribution in [1.29, 1.82) is 0 Å². The highest BCUT2D eigenvalue weighted by molar-refractivity contribution is 5.95. The zero-order valence-corrected chi connectivity index (χ0v) is 16.3. The first kappa shape index (κ1) is 22.0. The van der Waals surface area contributed by atoms with Crippen LogP contribution in [0.15, 0.2) is 30.3 Å². The molecule has 0 radical (unpaired) electrons. The van der Waals surface area contributed by atoms with E-state index in [0.717, 1.165) is 31.8 Å². The Bertz CT molecular complexity index is 722. The largest absolute Gasteiger partial charge is 0.416 e. The van der Waals surface area contributed by atoms with Gasteiger partial charge in [0.05, 0.1) is 5.57 Å². The fourth-order valence-electron chi connectivity index (χ4n) is 3.48. The third-order valence-electron chi connectivity index (χ3n) is 4.95. The molecule has 0 heterocycles. The number of benzene rings is 1. The number of hydrogen-bond donors (Lipinski definition) is 1. The Balaban J connectivity index is 2.24. The zero-order chi connectivity index (χ0) is 20.9. The molecule has 2 N–H and O–H groups in total. The zero-order valence-electron chi connectivity index (χ0n) is 16.3. The fraction of sp³-hybridized carbons (Fsp3) is 0.524. The Hall–Kier alpha value is -2.31. The van der Waals surface area contributed by atoms with Crippen LogP contribution in [0.1, 0.15) is 68.3 Å². The van der Waals surface area contributed by atoms with Gasteiger partial charge in [0.25, 0.3) is 5.91 Å². The van der Waals surface area contributed by atoms with Gasteiger partial charge in [-0.25, -0.2) is 0 Å². The van der Waals surface area contributed by atoms with Crippen LogP contribution in [-0.4, -0.2) is 35.0 Å². The molecule has 1 aliphatic carbocycles. The van der Waals surface area contributed by atoms with Crippen LogP contribution in [-0.2, 0) is 4.79 Å². The van der Waals surface area contributed by atoms with E-state index in [0.29, 0.717) is 12.0 Å². The van der Waals surface area contributed by atoms with Crippen LogP contribution in [0, 0.1) is 0 Å². The number of nitrogens with two attached hydrogens (primary N) is 1. The van der Waals surface area contributed by atoms with E-state index in [1.54, 1.807) is 0 Å². The first-order valence-corrected chi connectivity index (χ1v) is 9.63. The summed E-state index contributed by atoms with van der Waals surface area (Å²) in [6.07, 6.45) is 0.695. The molecule has 1 aromatic carbocycles. The summed E-state index contributed by atoms with van der Waals surface area (Å²) >= 11 is 0. The number of halogens is 3. The molecule has 4 nitrogen and oxygen atoms in total. The van der Waals surface area contributed by atoms with Gasteiger partial charge in [0.15, 0.2) is 0 Å². The third-order valence-corrected chi connectivity index (χ3v) is 4.95. The van der Waals surface area contributed by atoms with Gasteiger partial charge >= 0.3 is 6.18 Å². The predicted molar refractivity (Wildman–Crippen MR) is 102 cm³/mol. The van der Waals surface area contributed by atoms with E-state index < -0.39 is 17.7 Å². The number of allylic oxidation sites excluding steroid dienone is 2. The average molecular weight is 396 g/mol. The summed E-state index contributed by atoms with van der Waals surface area (Å²) in [6, 6.07) is 5.58. The topological polar surface area (TPSA) is 63.4 Å². The van der Waals surface area contributed by atoms with Gasteiger partial charge in [0, 0.05) is 24.1 Å². The SMILES string of the molecule is CC=C(c1ccc(C(=O)N(C(CCC)CCC(N)=O)C2CC2)cc1)C(F)(F)F. The standard InChI is InChI=1S/C21H27F3N2O2/c1-3-5-16(12-13-19(25)27)26(17-10-11-17)20(28)15-8-6-14(7-9-15)18(4-2)21(22,23)24/h4,6-9,16-17H,3,5,10-13H2,1-2H3,(H2,25,27). The normalized spacial score (nSPS) is 16.0.